The second kappa shape index (κ2) is 13.8. The average molecular weight is 765 g/mol. The second-order valence-corrected chi connectivity index (χ2v) is 15.3. The first-order chi connectivity index (χ1) is 29.8. The van der Waals surface area contributed by atoms with E-state index in [9.17, 15) is 0 Å². The van der Waals surface area contributed by atoms with Gasteiger partial charge in [-0.15, -0.1) is 0 Å². The minimum absolute atomic E-state index is 0.929. The van der Waals surface area contributed by atoms with Gasteiger partial charge in [0.15, 0.2) is 0 Å². The Morgan fingerprint density at radius 3 is 1.58 bits per heavy atom. The van der Waals surface area contributed by atoms with E-state index in [1.54, 1.807) is 0 Å². The maximum absolute atomic E-state index is 5.64. The summed E-state index contributed by atoms with van der Waals surface area (Å²) in [6.45, 7) is 0. The molecule has 12 aromatic rings. The van der Waals surface area contributed by atoms with Gasteiger partial charge in [0.05, 0.1) is 33.3 Å². The molecular formula is C56H36N4. The Morgan fingerprint density at radius 2 is 0.867 bits per heavy atom. The predicted molar refractivity (Wildman–Crippen MR) is 250 cm³/mol. The number of aromatic nitrogens is 4. The Hall–Kier alpha value is -8.08. The summed E-state index contributed by atoms with van der Waals surface area (Å²) in [6.07, 6.45) is 0. The quantitative estimate of drug-likeness (QED) is 0.158. The van der Waals surface area contributed by atoms with Crippen LogP contribution in [-0.2, 0) is 0 Å². The Bertz CT molecular complexity index is 3550. The Labute approximate surface area is 346 Å². The molecule has 4 heteroatoms. The number of benzene rings is 9. The zero-order chi connectivity index (χ0) is 39.6. The fraction of sp³-hybridized carbons (Fsp3) is 0. The normalized spacial score (nSPS) is 11.7. The molecule has 12 rings (SSSR count). The van der Waals surface area contributed by atoms with Crippen molar-refractivity contribution in [1.82, 2.24) is 19.1 Å². The lowest BCUT2D eigenvalue weighted by Crippen LogP contribution is -1.97. The number of pyridine rings is 1. The molecule has 0 aliphatic carbocycles. The van der Waals surface area contributed by atoms with Crippen molar-refractivity contribution in [2.75, 3.05) is 0 Å². The average Bonchev–Trinajstić information content (AvgIpc) is 3.89. The zero-order valence-corrected chi connectivity index (χ0v) is 32.6. The molecule has 0 saturated heterocycles. The van der Waals surface area contributed by atoms with Crippen LogP contribution in [0.25, 0.3) is 111 Å². The van der Waals surface area contributed by atoms with Gasteiger partial charge in [-0.05, 0) is 70.6 Å². The number of nitrogens with zero attached hydrogens (tertiary/aromatic N) is 4. The number of imidazole rings is 1. The zero-order valence-electron chi connectivity index (χ0n) is 32.6. The van der Waals surface area contributed by atoms with Gasteiger partial charge in [-0.25, -0.2) is 9.97 Å². The third-order valence-electron chi connectivity index (χ3n) is 11.9. The van der Waals surface area contributed by atoms with Crippen LogP contribution in [0.1, 0.15) is 0 Å². The minimum Gasteiger partial charge on any atom is -0.309 e. The highest BCUT2D eigenvalue weighted by Gasteiger charge is 2.21. The van der Waals surface area contributed by atoms with Crippen LogP contribution < -0.4 is 0 Å². The number of hydrogen-bond donors (Lipinski definition) is 0. The van der Waals surface area contributed by atoms with Crippen LogP contribution in [-0.4, -0.2) is 19.1 Å². The smallest absolute Gasteiger partial charge is 0.145 e. The van der Waals surface area contributed by atoms with Gasteiger partial charge in [-0.3, -0.25) is 4.57 Å². The van der Waals surface area contributed by atoms with Crippen molar-refractivity contribution in [2.24, 2.45) is 0 Å². The van der Waals surface area contributed by atoms with Crippen LogP contribution in [0.15, 0.2) is 218 Å². The lowest BCUT2D eigenvalue weighted by Gasteiger charge is -2.15. The molecule has 0 unspecified atom stereocenters. The van der Waals surface area contributed by atoms with Gasteiger partial charge in [-0.2, -0.15) is 0 Å². The summed E-state index contributed by atoms with van der Waals surface area (Å²) in [5.74, 6) is 0.929. The predicted octanol–water partition coefficient (Wildman–Crippen LogP) is 14.5. The fourth-order valence-corrected chi connectivity index (χ4v) is 9.19. The third kappa shape index (κ3) is 5.39. The van der Waals surface area contributed by atoms with Crippen molar-refractivity contribution in [3.63, 3.8) is 0 Å². The van der Waals surface area contributed by atoms with Gasteiger partial charge in [0, 0.05) is 49.6 Å². The topological polar surface area (TPSA) is 35.6 Å². The first-order valence-electron chi connectivity index (χ1n) is 20.4. The molecule has 60 heavy (non-hydrogen) atoms. The number of hydrogen-bond acceptors (Lipinski definition) is 2. The van der Waals surface area contributed by atoms with Crippen LogP contribution in [0.4, 0.5) is 0 Å². The van der Waals surface area contributed by atoms with E-state index in [1.807, 2.05) is 12.1 Å². The molecule has 0 amide bonds. The molecule has 3 heterocycles. The van der Waals surface area contributed by atoms with E-state index in [0.717, 1.165) is 78.2 Å². The summed E-state index contributed by atoms with van der Waals surface area (Å²) in [5.41, 5.74) is 15.4. The highest BCUT2D eigenvalue weighted by molar-refractivity contribution is 6.29. The maximum atomic E-state index is 5.64. The van der Waals surface area contributed by atoms with Gasteiger partial charge >= 0.3 is 0 Å². The number of para-hydroxylation sites is 6. The van der Waals surface area contributed by atoms with Crippen molar-refractivity contribution in [3.05, 3.63) is 218 Å². The van der Waals surface area contributed by atoms with Crippen LogP contribution >= 0.6 is 0 Å². The van der Waals surface area contributed by atoms with Gasteiger partial charge < -0.3 is 4.57 Å². The van der Waals surface area contributed by atoms with Crippen molar-refractivity contribution < 1.29 is 0 Å². The number of fused-ring (bicyclic) bond motifs is 8. The third-order valence-corrected chi connectivity index (χ3v) is 11.9. The van der Waals surface area contributed by atoms with Gasteiger partial charge in [0.2, 0.25) is 0 Å². The van der Waals surface area contributed by atoms with Crippen LogP contribution in [0, 0.1) is 0 Å². The largest absolute Gasteiger partial charge is 0.309 e. The van der Waals surface area contributed by atoms with Crippen molar-refractivity contribution in [3.8, 4) is 56.3 Å². The fourth-order valence-electron chi connectivity index (χ4n) is 9.19. The molecule has 0 atom stereocenters. The highest BCUT2D eigenvalue weighted by atomic mass is 15.1. The summed E-state index contributed by atoms with van der Waals surface area (Å²) in [6, 6.07) is 77.8. The van der Waals surface area contributed by atoms with Crippen molar-refractivity contribution in [2.45, 2.75) is 0 Å². The first kappa shape index (κ1) is 34.0. The van der Waals surface area contributed by atoms with Gasteiger partial charge in [-0.1, -0.05) is 170 Å². The molecule has 0 radical (unpaired) electrons. The molecule has 0 saturated carbocycles. The Balaban J connectivity index is 0.981. The number of rotatable bonds is 6. The van der Waals surface area contributed by atoms with E-state index in [2.05, 4.69) is 215 Å². The molecule has 0 bridgehead atoms. The molecule has 0 fully saturated rings. The molecule has 4 nitrogen and oxygen atoms in total. The monoisotopic (exact) mass is 764 g/mol. The highest BCUT2D eigenvalue weighted by Crippen LogP contribution is 2.44. The van der Waals surface area contributed by atoms with Crippen LogP contribution in [0.2, 0.25) is 0 Å². The van der Waals surface area contributed by atoms with E-state index in [1.165, 1.54) is 32.6 Å². The van der Waals surface area contributed by atoms with Crippen molar-refractivity contribution in [1.29, 1.82) is 0 Å². The van der Waals surface area contributed by atoms with Gasteiger partial charge in [0.1, 0.15) is 5.82 Å². The lowest BCUT2D eigenvalue weighted by molar-refractivity contribution is 1.10. The molecule has 3 aromatic heterocycles. The summed E-state index contributed by atoms with van der Waals surface area (Å²) in [7, 11) is 0. The van der Waals surface area contributed by atoms with Crippen LogP contribution in [0.3, 0.4) is 0 Å². The summed E-state index contributed by atoms with van der Waals surface area (Å²) in [5, 5.41) is 5.95. The van der Waals surface area contributed by atoms with E-state index in [-0.39, 0.29) is 0 Å². The van der Waals surface area contributed by atoms with E-state index < -0.39 is 0 Å². The van der Waals surface area contributed by atoms with E-state index in [0.29, 0.717) is 0 Å². The minimum atomic E-state index is 0.929. The molecule has 9 aromatic carbocycles. The summed E-state index contributed by atoms with van der Waals surface area (Å²) in [4.78, 5) is 10.7. The maximum Gasteiger partial charge on any atom is 0.145 e. The van der Waals surface area contributed by atoms with Crippen molar-refractivity contribution >= 4 is 54.5 Å². The first-order valence-corrected chi connectivity index (χ1v) is 20.4. The van der Waals surface area contributed by atoms with E-state index in [4.69, 9.17) is 9.97 Å². The molecule has 0 aliphatic rings. The Morgan fingerprint density at radius 1 is 0.300 bits per heavy atom. The SMILES string of the molecule is c1ccc(-c2nc3c(-c4ccc(-c5ccc(-c6nc7ccccc7n6-c6ccccc6)cc5)cc4)cccc3c3ccc4c(c5ccccc5n4-c4ccccc4)c23)cc1. The lowest BCUT2D eigenvalue weighted by atomic mass is 9.93. The molecule has 0 spiro atoms. The van der Waals surface area contributed by atoms with E-state index >= 15 is 0 Å². The molecule has 0 N–H and O–H groups in total. The second-order valence-electron chi connectivity index (χ2n) is 15.3. The summed E-state index contributed by atoms with van der Waals surface area (Å²) >= 11 is 0. The summed E-state index contributed by atoms with van der Waals surface area (Å²) < 4.78 is 4.63. The molecule has 0 aliphatic heterocycles. The molecular weight excluding hydrogens is 729 g/mol. The molecule has 280 valence electrons. The van der Waals surface area contributed by atoms with Gasteiger partial charge in [0.25, 0.3) is 0 Å². The standard InChI is InChI=1S/C56H36N4/c1-4-15-40(16-5-1)54-53-45(35-36-51-52(53)47-21-10-12-25-49(47)59(51)42-17-6-2-7-18-42)46-23-14-22-44(55(46)58-54)39-31-27-37(28-32-39)38-29-33-41(34-30-38)56-57-48-24-11-13-26-50(48)60(56)43-19-8-3-9-20-43/h1-36H. The van der Waals surface area contributed by atoms with Crippen LogP contribution in [0.5, 0.6) is 0 Å². The Kier molecular flexibility index (Phi) is 7.82.